The van der Waals surface area contributed by atoms with Gasteiger partial charge in [0, 0.05) is 29.9 Å². The maximum absolute atomic E-state index is 14.3. The first-order chi connectivity index (χ1) is 18.5. The lowest BCUT2D eigenvalue weighted by molar-refractivity contribution is 0.0419. The van der Waals surface area contributed by atoms with Gasteiger partial charge in [-0.15, -0.1) is 0 Å². The standard InChI is InChI=1S/C33H38N4O/c1-24(2)31(37(29-18-20-34-21-19-29)33(38)28-16-14-25(3)15-17-28)32-35-30(27-12-8-5-9-13-27)23-36(32)22-26-10-6-4-7-11-26/h4-17,23-24,29,31,34H,18-22H2,1-3H3. The van der Waals surface area contributed by atoms with E-state index in [9.17, 15) is 4.79 Å². The highest BCUT2D eigenvalue weighted by Crippen LogP contribution is 2.35. The van der Waals surface area contributed by atoms with Gasteiger partial charge in [-0.25, -0.2) is 4.98 Å². The average molecular weight is 507 g/mol. The van der Waals surface area contributed by atoms with Crippen molar-refractivity contribution < 1.29 is 4.79 Å². The van der Waals surface area contributed by atoms with E-state index in [-0.39, 0.29) is 23.9 Å². The van der Waals surface area contributed by atoms with Crippen molar-refractivity contribution in [1.82, 2.24) is 19.8 Å². The molecule has 1 amide bonds. The van der Waals surface area contributed by atoms with E-state index in [1.54, 1.807) is 0 Å². The third kappa shape index (κ3) is 5.73. The fraction of sp³-hybridized carbons (Fsp3) is 0.333. The number of benzene rings is 3. The number of carbonyl (C=O) groups is 1. The number of aryl methyl sites for hydroxylation is 1. The van der Waals surface area contributed by atoms with Crippen molar-refractivity contribution >= 4 is 5.91 Å². The number of piperidine rings is 1. The highest BCUT2D eigenvalue weighted by atomic mass is 16.2. The molecule has 1 aliphatic rings. The number of nitrogens with zero attached hydrogens (tertiary/aromatic N) is 3. The third-order valence-electron chi connectivity index (χ3n) is 7.50. The van der Waals surface area contributed by atoms with Gasteiger partial charge in [0.2, 0.25) is 0 Å². The van der Waals surface area contributed by atoms with Gasteiger partial charge >= 0.3 is 0 Å². The van der Waals surface area contributed by atoms with E-state index >= 15 is 0 Å². The van der Waals surface area contributed by atoms with Crippen LogP contribution >= 0.6 is 0 Å². The molecule has 0 spiro atoms. The Kier molecular flexibility index (Phi) is 8.04. The molecule has 0 bridgehead atoms. The zero-order valence-electron chi connectivity index (χ0n) is 22.7. The Hall–Kier alpha value is -3.70. The van der Waals surface area contributed by atoms with Crippen molar-refractivity contribution in [2.45, 2.75) is 52.2 Å². The SMILES string of the molecule is Cc1ccc(C(=O)N(C2CCNCC2)C(c2nc(-c3ccccc3)cn2Cc2ccccc2)C(C)C)cc1. The zero-order valence-corrected chi connectivity index (χ0v) is 22.7. The minimum absolute atomic E-state index is 0.0890. The van der Waals surface area contributed by atoms with Crippen molar-refractivity contribution in [2.24, 2.45) is 5.92 Å². The molecule has 1 atom stereocenters. The minimum Gasteiger partial charge on any atom is -0.328 e. The van der Waals surface area contributed by atoms with Crippen molar-refractivity contribution in [3.8, 4) is 11.3 Å². The van der Waals surface area contributed by atoms with Gasteiger partial charge in [-0.3, -0.25) is 4.79 Å². The highest BCUT2D eigenvalue weighted by Gasteiger charge is 2.37. The van der Waals surface area contributed by atoms with Gasteiger partial charge in [0.15, 0.2) is 0 Å². The van der Waals surface area contributed by atoms with Gasteiger partial charge in [0.05, 0.1) is 11.7 Å². The summed E-state index contributed by atoms with van der Waals surface area (Å²) in [5.41, 5.74) is 5.13. The lowest BCUT2D eigenvalue weighted by Gasteiger charge is -2.42. The fourth-order valence-corrected chi connectivity index (χ4v) is 5.51. The van der Waals surface area contributed by atoms with Crippen LogP contribution in [0.25, 0.3) is 11.3 Å². The topological polar surface area (TPSA) is 50.2 Å². The van der Waals surface area contributed by atoms with Crippen molar-refractivity contribution in [3.63, 3.8) is 0 Å². The van der Waals surface area contributed by atoms with E-state index in [4.69, 9.17) is 4.98 Å². The summed E-state index contributed by atoms with van der Waals surface area (Å²) in [6.45, 7) is 9.02. The molecule has 1 aromatic heterocycles. The third-order valence-corrected chi connectivity index (χ3v) is 7.50. The predicted molar refractivity (Wildman–Crippen MR) is 154 cm³/mol. The summed E-state index contributed by atoms with van der Waals surface area (Å²) in [5.74, 6) is 1.22. The van der Waals surface area contributed by atoms with Crippen LogP contribution in [0.5, 0.6) is 0 Å². The van der Waals surface area contributed by atoms with Gasteiger partial charge in [0.1, 0.15) is 5.82 Å². The summed E-state index contributed by atoms with van der Waals surface area (Å²) in [7, 11) is 0. The number of imidazole rings is 1. The normalized spacial score (nSPS) is 14.9. The van der Waals surface area contributed by atoms with E-state index in [2.05, 4.69) is 78.2 Å². The van der Waals surface area contributed by atoms with E-state index in [1.165, 1.54) is 5.56 Å². The van der Waals surface area contributed by atoms with Crippen molar-refractivity contribution in [1.29, 1.82) is 0 Å². The van der Waals surface area contributed by atoms with Crippen LogP contribution in [-0.2, 0) is 6.54 Å². The summed E-state index contributed by atoms with van der Waals surface area (Å²) < 4.78 is 2.26. The molecule has 1 fully saturated rings. The van der Waals surface area contributed by atoms with E-state index in [0.29, 0.717) is 6.54 Å². The number of nitrogens with one attached hydrogen (secondary N) is 1. The molecule has 1 unspecified atom stereocenters. The van der Waals surface area contributed by atoms with E-state index in [1.807, 2.05) is 48.5 Å². The largest absolute Gasteiger partial charge is 0.328 e. The Labute approximate surface area is 226 Å². The molecule has 0 radical (unpaired) electrons. The molecule has 1 N–H and O–H groups in total. The molecular formula is C33H38N4O. The maximum atomic E-state index is 14.3. The summed E-state index contributed by atoms with van der Waals surface area (Å²) in [4.78, 5) is 21.7. The van der Waals surface area contributed by atoms with Gasteiger partial charge in [-0.2, -0.15) is 0 Å². The van der Waals surface area contributed by atoms with Crippen LogP contribution in [0.15, 0.2) is 91.1 Å². The molecular weight excluding hydrogens is 468 g/mol. The molecule has 5 nitrogen and oxygen atoms in total. The molecule has 0 saturated carbocycles. The van der Waals surface area contributed by atoms with Crippen LogP contribution in [-0.4, -0.2) is 39.5 Å². The van der Waals surface area contributed by atoms with Crippen LogP contribution in [0.3, 0.4) is 0 Å². The quantitative estimate of drug-likeness (QED) is 0.297. The van der Waals surface area contributed by atoms with Gasteiger partial charge in [-0.1, -0.05) is 92.2 Å². The monoisotopic (exact) mass is 506 g/mol. The van der Waals surface area contributed by atoms with Crippen LogP contribution < -0.4 is 5.32 Å². The second-order valence-corrected chi connectivity index (χ2v) is 10.7. The molecule has 38 heavy (non-hydrogen) atoms. The van der Waals surface area contributed by atoms with Gasteiger partial charge in [0.25, 0.3) is 5.91 Å². The molecule has 0 aliphatic carbocycles. The van der Waals surface area contributed by atoms with Gasteiger partial charge < -0.3 is 14.8 Å². The van der Waals surface area contributed by atoms with E-state index < -0.39 is 0 Å². The Morgan fingerprint density at radius 3 is 2.21 bits per heavy atom. The number of amides is 1. The predicted octanol–water partition coefficient (Wildman–Crippen LogP) is 6.50. The molecule has 4 aromatic rings. The smallest absolute Gasteiger partial charge is 0.254 e. The fourth-order valence-electron chi connectivity index (χ4n) is 5.51. The van der Waals surface area contributed by atoms with Gasteiger partial charge in [-0.05, 0) is 56.5 Å². The minimum atomic E-state index is -0.159. The van der Waals surface area contributed by atoms with Crippen LogP contribution in [0, 0.1) is 12.8 Å². The van der Waals surface area contributed by atoms with Crippen molar-refractivity contribution in [2.75, 3.05) is 13.1 Å². The summed E-state index contributed by atoms with van der Waals surface area (Å²) in [5, 5.41) is 3.47. The lowest BCUT2D eigenvalue weighted by Crippen LogP contribution is -2.49. The van der Waals surface area contributed by atoms with E-state index in [0.717, 1.165) is 54.1 Å². The lowest BCUT2D eigenvalue weighted by atomic mass is 9.94. The molecule has 3 aromatic carbocycles. The number of aromatic nitrogens is 2. The number of carbonyl (C=O) groups excluding carboxylic acids is 1. The number of rotatable bonds is 8. The molecule has 5 rings (SSSR count). The summed E-state index contributed by atoms with van der Waals surface area (Å²) >= 11 is 0. The average Bonchev–Trinajstić information content (AvgIpc) is 3.36. The Bertz CT molecular complexity index is 1320. The first-order valence-corrected chi connectivity index (χ1v) is 13.8. The molecule has 5 heteroatoms. The first kappa shape index (κ1) is 25.9. The Morgan fingerprint density at radius 1 is 0.947 bits per heavy atom. The second-order valence-electron chi connectivity index (χ2n) is 10.7. The highest BCUT2D eigenvalue weighted by molar-refractivity contribution is 5.94. The number of hydrogen-bond acceptors (Lipinski definition) is 3. The molecule has 196 valence electrons. The zero-order chi connectivity index (χ0) is 26.5. The first-order valence-electron chi connectivity index (χ1n) is 13.8. The van der Waals surface area contributed by atoms with Crippen LogP contribution in [0.4, 0.5) is 0 Å². The summed E-state index contributed by atoms with van der Waals surface area (Å²) in [6, 6.07) is 28.8. The molecule has 1 aliphatic heterocycles. The second kappa shape index (κ2) is 11.8. The molecule has 2 heterocycles. The summed E-state index contributed by atoms with van der Waals surface area (Å²) in [6.07, 6.45) is 4.03. The maximum Gasteiger partial charge on any atom is 0.254 e. The van der Waals surface area contributed by atoms with Crippen LogP contribution in [0.2, 0.25) is 0 Å². The Morgan fingerprint density at radius 2 is 1.58 bits per heavy atom. The van der Waals surface area contributed by atoms with Crippen molar-refractivity contribution in [3.05, 3.63) is 114 Å². The molecule has 1 saturated heterocycles. The number of hydrogen-bond donors (Lipinski definition) is 1. The Balaban J connectivity index is 1.63. The van der Waals surface area contributed by atoms with Crippen LogP contribution in [0.1, 0.15) is 60.0 Å².